The molecule has 3 rings (SSSR count). The van der Waals surface area contributed by atoms with Crippen LogP contribution >= 0.6 is 0 Å². The molecule has 0 bridgehead atoms. The summed E-state index contributed by atoms with van der Waals surface area (Å²) in [4.78, 5) is 14.5. The minimum atomic E-state index is 0.187. The van der Waals surface area contributed by atoms with Gasteiger partial charge in [-0.25, -0.2) is 0 Å². The summed E-state index contributed by atoms with van der Waals surface area (Å²) in [7, 11) is 0. The Morgan fingerprint density at radius 3 is 2.75 bits per heavy atom. The normalized spacial score (nSPS) is 24.6. The van der Waals surface area contributed by atoms with Crippen molar-refractivity contribution in [2.75, 3.05) is 13.1 Å². The van der Waals surface area contributed by atoms with Crippen molar-refractivity contribution in [3.8, 4) is 0 Å². The molecule has 1 amide bonds. The molecule has 0 spiro atoms. The van der Waals surface area contributed by atoms with E-state index >= 15 is 0 Å². The highest BCUT2D eigenvalue weighted by Gasteiger charge is 2.31. The molecule has 1 aromatic rings. The predicted molar refractivity (Wildman–Crippen MR) is 80.3 cm³/mol. The summed E-state index contributed by atoms with van der Waals surface area (Å²) in [6.45, 7) is 3.70. The van der Waals surface area contributed by atoms with Crippen molar-refractivity contribution in [2.45, 2.75) is 44.7 Å². The van der Waals surface area contributed by atoms with Gasteiger partial charge in [0.1, 0.15) is 0 Å². The van der Waals surface area contributed by atoms with E-state index in [4.69, 9.17) is 0 Å². The third-order valence-electron chi connectivity index (χ3n) is 4.61. The molecule has 3 nitrogen and oxygen atoms in total. The third-order valence-corrected chi connectivity index (χ3v) is 4.61. The van der Waals surface area contributed by atoms with Crippen molar-refractivity contribution in [3.63, 3.8) is 0 Å². The average Bonchev–Trinajstić information content (AvgIpc) is 3.21. The molecule has 0 radical (unpaired) electrons. The Morgan fingerprint density at radius 2 is 2.05 bits per heavy atom. The molecule has 1 heterocycles. The van der Waals surface area contributed by atoms with Crippen molar-refractivity contribution < 1.29 is 4.79 Å². The van der Waals surface area contributed by atoms with Crippen LogP contribution in [-0.4, -0.2) is 29.9 Å². The summed E-state index contributed by atoms with van der Waals surface area (Å²) in [5.41, 5.74) is 1.34. The Balaban J connectivity index is 1.57. The molecule has 2 atom stereocenters. The molecule has 1 aliphatic heterocycles. The highest BCUT2D eigenvalue weighted by atomic mass is 16.2. The van der Waals surface area contributed by atoms with Crippen LogP contribution in [0.3, 0.4) is 0 Å². The number of rotatable bonds is 5. The quantitative estimate of drug-likeness (QED) is 0.894. The molecular formula is C17H24N2O. The van der Waals surface area contributed by atoms with Gasteiger partial charge >= 0.3 is 0 Å². The maximum Gasteiger partial charge on any atom is 0.234 e. The van der Waals surface area contributed by atoms with E-state index in [1.54, 1.807) is 0 Å². The van der Waals surface area contributed by atoms with E-state index in [0.29, 0.717) is 18.6 Å². The van der Waals surface area contributed by atoms with Gasteiger partial charge in [0.25, 0.3) is 0 Å². The number of likely N-dealkylation sites (tertiary alicyclic amines) is 1. The lowest BCUT2D eigenvalue weighted by Crippen LogP contribution is -2.41. The van der Waals surface area contributed by atoms with Crippen LogP contribution in [0.1, 0.15) is 44.2 Å². The largest absolute Gasteiger partial charge is 0.352 e. The number of carbonyl (C=O) groups is 1. The van der Waals surface area contributed by atoms with Crippen molar-refractivity contribution in [3.05, 3.63) is 35.9 Å². The van der Waals surface area contributed by atoms with Crippen LogP contribution in [0.15, 0.2) is 30.3 Å². The standard InChI is InChI=1S/C17H24N2O/c1-13(14-9-10-14)18-17(20)12-19-11-5-8-16(19)15-6-3-2-4-7-15/h2-4,6-7,13-14,16H,5,8-12H2,1H3,(H,18,20). The molecule has 20 heavy (non-hydrogen) atoms. The molecule has 0 aromatic heterocycles. The first-order valence-electron chi connectivity index (χ1n) is 7.82. The first kappa shape index (κ1) is 13.6. The molecule has 2 aliphatic rings. The van der Waals surface area contributed by atoms with Crippen LogP contribution in [0, 0.1) is 5.92 Å². The van der Waals surface area contributed by atoms with E-state index in [1.807, 2.05) is 6.07 Å². The maximum absolute atomic E-state index is 12.2. The van der Waals surface area contributed by atoms with Gasteiger partial charge in [0.15, 0.2) is 0 Å². The van der Waals surface area contributed by atoms with Gasteiger partial charge in [-0.2, -0.15) is 0 Å². The third kappa shape index (κ3) is 3.21. The van der Waals surface area contributed by atoms with E-state index in [9.17, 15) is 4.79 Å². The smallest absolute Gasteiger partial charge is 0.234 e. The summed E-state index contributed by atoms with van der Waals surface area (Å²) in [6.07, 6.45) is 4.90. The van der Waals surface area contributed by atoms with Crippen molar-refractivity contribution in [1.82, 2.24) is 10.2 Å². The first-order chi connectivity index (χ1) is 9.74. The predicted octanol–water partition coefficient (Wildman–Crippen LogP) is 2.74. The molecule has 3 heteroatoms. The minimum Gasteiger partial charge on any atom is -0.352 e. The zero-order chi connectivity index (χ0) is 13.9. The van der Waals surface area contributed by atoms with E-state index in [0.717, 1.165) is 18.9 Å². The Labute approximate surface area is 121 Å². The Kier molecular flexibility index (Phi) is 4.06. The Morgan fingerprint density at radius 1 is 1.30 bits per heavy atom. The topological polar surface area (TPSA) is 32.3 Å². The summed E-state index contributed by atoms with van der Waals surface area (Å²) in [5.74, 6) is 0.912. The second-order valence-electron chi connectivity index (χ2n) is 6.23. The highest BCUT2D eigenvalue weighted by Crippen LogP contribution is 2.33. The summed E-state index contributed by atoms with van der Waals surface area (Å²) < 4.78 is 0. The second kappa shape index (κ2) is 5.96. The van der Waals surface area contributed by atoms with E-state index < -0.39 is 0 Å². The van der Waals surface area contributed by atoms with Crippen molar-refractivity contribution in [2.24, 2.45) is 5.92 Å². The number of benzene rings is 1. The summed E-state index contributed by atoms with van der Waals surface area (Å²) in [6, 6.07) is 11.3. The SMILES string of the molecule is CC(NC(=O)CN1CCCC1c1ccccc1)C1CC1. The lowest BCUT2D eigenvalue weighted by molar-refractivity contribution is -0.123. The summed E-state index contributed by atoms with van der Waals surface area (Å²) >= 11 is 0. The molecule has 1 aromatic carbocycles. The van der Waals surface area contributed by atoms with E-state index in [2.05, 4.69) is 41.4 Å². The average molecular weight is 272 g/mol. The molecular weight excluding hydrogens is 248 g/mol. The van der Waals surface area contributed by atoms with Crippen LogP contribution in [0.2, 0.25) is 0 Å². The van der Waals surface area contributed by atoms with Crippen LogP contribution < -0.4 is 5.32 Å². The van der Waals surface area contributed by atoms with Gasteiger partial charge in [-0.05, 0) is 50.6 Å². The van der Waals surface area contributed by atoms with Crippen LogP contribution in [0.25, 0.3) is 0 Å². The maximum atomic E-state index is 12.2. The molecule has 2 fully saturated rings. The highest BCUT2D eigenvalue weighted by molar-refractivity contribution is 5.78. The van der Waals surface area contributed by atoms with Crippen molar-refractivity contribution >= 4 is 5.91 Å². The van der Waals surface area contributed by atoms with Gasteiger partial charge < -0.3 is 5.32 Å². The molecule has 108 valence electrons. The first-order valence-corrected chi connectivity index (χ1v) is 7.82. The van der Waals surface area contributed by atoms with Gasteiger partial charge in [-0.1, -0.05) is 30.3 Å². The van der Waals surface area contributed by atoms with Gasteiger partial charge in [0, 0.05) is 12.1 Å². The monoisotopic (exact) mass is 272 g/mol. The summed E-state index contributed by atoms with van der Waals surface area (Å²) in [5, 5.41) is 3.16. The van der Waals surface area contributed by atoms with Crippen LogP contribution in [0.5, 0.6) is 0 Å². The van der Waals surface area contributed by atoms with Crippen LogP contribution in [-0.2, 0) is 4.79 Å². The Hall–Kier alpha value is -1.35. The number of hydrogen-bond acceptors (Lipinski definition) is 2. The van der Waals surface area contributed by atoms with Gasteiger partial charge in [-0.3, -0.25) is 9.69 Å². The number of hydrogen-bond donors (Lipinski definition) is 1. The number of amides is 1. The molecule has 1 saturated heterocycles. The molecule has 1 saturated carbocycles. The lowest BCUT2D eigenvalue weighted by Gasteiger charge is -2.25. The zero-order valence-electron chi connectivity index (χ0n) is 12.2. The Bertz CT molecular complexity index is 455. The molecule has 2 unspecified atom stereocenters. The molecule has 1 aliphatic carbocycles. The molecule has 1 N–H and O–H groups in total. The van der Waals surface area contributed by atoms with Crippen molar-refractivity contribution in [1.29, 1.82) is 0 Å². The fraction of sp³-hybridized carbons (Fsp3) is 0.588. The fourth-order valence-electron chi connectivity index (χ4n) is 3.27. The fourth-order valence-corrected chi connectivity index (χ4v) is 3.27. The number of nitrogens with zero attached hydrogens (tertiary/aromatic N) is 1. The lowest BCUT2D eigenvalue weighted by atomic mass is 10.0. The van der Waals surface area contributed by atoms with Gasteiger partial charge in [-0.15, -0.1) is 0 Å². The minimum absolute atomic E-state index is 0.187. The second-order valence-corrected chi connectivity index (χ2v) is 6.23. The van der Waals surface area contributed by atoms with E-state index in [1.165, 1.54) is 24.8 Å². The van der Waals surface area contributed by atoms with E-state index in [-0.39, 0.29) is 5.91 Å². The van der Waals surface area contributed by atoms with Gasteiger partial charge in [0.2, 0.25) is 5.91 Å². The van der Waals surface area contributed by atoms with Gasteiger partial charge in [0.05, 0.1) is 6.54 Å². The number of carbonyl (C=O) groups excluding carboxylic acids is 1. The number of nitrogens with one attached hydrogen (secondary N) is 1. The zero-order valence-corrected chi connectivity index (χ0v) is 12.2. The van der Waals surface area contributed by atoms with Crippen LogP contribution in [0.4, 0.5) is 0 Å².